The number of carbonyl (C=O) groups is 2. The molecule has 0 fully saturated rings. The van der Waals surface area contributed by atoms with Crippen molar-refractivity contribution in [1.82, 2.24) is 5.32 Å². The Balaban J connectivity index is 1.35. The molecule has 1 atom stereocenters. The number of methoxy groups -OCH3 is 2. The predicted molar refractivity (Wildman–Crippen MR) is 108 cm³/mol. The summed E-state index contributed by atoms with van der Waals surface area (Å²) in [5, 5.41) is 2.69. The molecular weight excluding hydrogens is 390 g/mol. The molecule has 1 aliphatic rings. The molecule has 0 aliphatic carbocycles. The SMILES string of the molecule is COc1ccc(CCC(=O)OCC(=O)NC[C@H]2COc3ccccc3O2)cc1OC. The van der Waals surface area contributed by atoms with Gasteiger partial charge in [0.05, 0.1) is 20.8 Å². The molecule has 1 amide bonds. The minimum Gasteiger partial charge on any atom is -0.493 e. The van der Waals surface area contributed by atoms with Gasteiger partial charge in [-0.15, -0.1) is 0 Å². The van der Waals surface area contributed by atoms with Gasteiger partial charge in [0.2, 0.25) is 0 Å². The lowest BCUT2D eigenvalue weighted by atomic mass is 10.1. The Morgan fingerprint density at radius 1 is 1.07 bits per heavy atom. The van der Waals surface area contributed by atoms with Gasteiger partial charge < -0.3 is 29.0 Å². The lowest BCUT2D eigenvalue weighted by molar-refractivity contribution is -0.148. The standard InChI is InChI=1S/C22H25NO7/c1-26-17-9-7-15(11-20(17)27-2)8-10-22(25)29-14-21(24)23-12-16-13-28-18-5-3-4-6-19(18)30-16/h3-7,9,11,16H,8,10,12-14H2,1-2H3,(H,23,24)/t16-/m0/s1. The highest BCUT2D eigenvalue weighted by Gasteiger charge is 2.21. The van der Waals surface area contributed by atoms with Crippen LogP contribution in [-0.4, -0.2) is 52.0 Å². The van der Waals surface area contributed by atoms with E-state index in [2.05, 4.69) is 5.32 Å². The van der Waals surface area contributed by atoms with Crippen LogP contribution in [0.3, 0.4) is 0 Å². The predicted octanol–water partition coefficient (Wildman–Crippen LogP) is 2.14. The Labute approximate surface area is 175 Å². The normalized spacial score (nSPS) is 14.5. The molecule has 2 aromatic carbocycles. The van der Waals surface area contributed by atoms with E-state index in [1.54, 1.807) is 20.3 Å². The first-order valence-corrected chi connectivity index (χ1v) is 9.60. The zero-order valence-corrected chi connectivity index (χ0v) is 17.0. The number of esters is 1. The number of aryl methyl sites for hydroxylation is 1. The van der Waals surface area contributed by atoms with Crippen LogP contribution in [0.25, 0.3) is 0 Å². The fraction of sp³-hybridized carbons (Fsp3) is 0.364. The van der Waals surface area contributed by atoms with E-state index in [9.17, 15) is 9.59 Å². The van der Waals surface area contributed by atoms with Crippen LogP contribution in [-0.2, 0) is 20.7 Å². The summed E-state index contributed by atoms with van der Waals surface area (Å²) in [4.78, 5) is 23.9. The first kappa shape index (κ1) is 21.3. The quantitative estimate of drug-likeness (QED) is 0.627. The maximum atomic E-state index is 11.9. The molecule has 0 saturated carbocycles. The van der Waals surface area contributed by atoms with Crippen molar-refractivity contribution in [3.05, 3.63) is 48.0 Å². The molecule has 0 radical (unpaired) electrons. The lowest BCUT2D eigenvalue weighted by Crippen LogP contribution is -2.42. The maximum absolute atomic E-state index is 11.9. The van der Waals surface area contributed by atoms with Gasteiger partial charge in [0.1, 0.15) is 12.7 Å². The van der Waals surface area contributed by atoms with Crippen molar-refractivity contribution in [3.63, 3.8) is 0 Å². The molecule has 0 aromatic heterocycles. The van der Waals surface area contributed by atoms with Crippen LogP contribution in [0.15, 0.2) is 42.5 Å². The molecule has 160 valence electrons. The Morgan fingerprint density at radius 3 is 2.60 bits per heavy atom. The number of ether oxygens (including phenoxy) is 5. The molecule has 2 aromatic rings. The zero-order chi connectivity index (χ0) is 21.3. The number of rotatable bonds is 9. The highest BCUT2D eigenvalue weighted by molar-refractivity contribution is 5.80. The number of hydrogen-bond donors (Lipinski definition) is 1. The molecule has 1 heterocycles. The van der Waals surface area contributed by atoms with Gasteiger partial charge in [-0.3, -0.25) is 9.59 Å². The van der Waals surface area contributed by atoms with Crippen molar-refractivity contribution in [1.29, 1.82) is 0 Å². The number of carbonyl (C=O) groups excluding carboxylic acids is 2. The fourth-order valence-corrected chi connectivity index (χ4v) is 2.94. The minimum atomic E-state index is -0.453. The molecule has 0 bridgehead atoms. The van der Waals surface area contributed by atoms with Crippen molar-refractivity contribution >= 4 is 11.9 Å². The van der Waals surface area contributed by atoms with E-state index >= 15 is 0 Å². The highest BCUT2D eigenvalue weighted by Crippen LogP contribution is 2.30. The van der Waals surface area contributed by atoms with E-state index in [1.807, 2.05) is 36.4 Å². The van der Waals surface area contributed by atoms with Crippen LogP contribution in [0.2, 0.25) is 0 Å². The second kappa shape index (κ2) is 10.4. The number of para-hydroxylation sites is 2. The van der Waals surface area contributed by atoms with E-state index in [1.165, 1.54) is 0 Å². The van der Waals surface area contributed by atoms with Crippen molar-refractivity contribution < 1.29 is 33.3 Å². The van der Waals surface area contributed by atoms with Gasteiger partial charge in [-0.1, -0.05) is 18.2 Å². The molecule has 30 heavy (non-hydrogen) atoms. The fourth-order valence-electron chi connectivity index (χ4n) is 2.94. The summed E-state index contributed by atoms with van der Waals surface area (Å²) in [5.74, 6) is 1.70. The number of amides is 1. The summed E-state index contributed by atoms with van der Waals surface area (Å²) >= 11 is 0. The van der Waals surface area contributed by atoms with Crippen LogP contribution in [0.4, 0.5) is 0 Å². The molecule has 1 N–H and O–H groups in total. The van der Waals surface area contributed by atoms with Crippen LogP contribution in [0, 0.1) is 0 Å². The second-order valence-corrected chi connectivity index (χ2v) is 6.65. The Bertz CT molecular complexity index is 884. The van der Waals surface area contributed by atoms with Gasteiger partial charge >= 0.3 is 5.97 Å². The molecule has 3 rings (SSSR count). The number of nitrogens with one attached hydrogen (secondary N) is 1. The van der Waals surface area contributed by atoms with Crippen molar-refractivity contribution in [2.24, 2.45) is 0 Å². The van der Waals surface area contributed by atoms with E-state index in [0.717, 1.165) is 5.56 Å². The third-order valence-corrected chi connectivity index (χ3v) is 4.52. The van der Waals surface area contributed by atoms with Crippen LogP contribution in [0.5, 0.6) is 23.0 Å². The van der Waals surface area contributed by atoms with Crippen molar-refractivity contribution in [2.45, 2.75) is 18.9 Å². The van der Waals surface area contributed by atoms with Crippen LogP contribution < -0.4 is 24.3 Å². The molecule has 8 nitrogen and oxygen atoms in total. The number of fused-ring (bicyclic) bond motifs is 1. The van der Waals surface area contributed by atoms with Gasteiger partial charge in [-0.05, 0) is 36.2 Å². The van der Waals surface area contributed by atoms with Gasteiger partial charge in [-0.2, -0.15) is 0 Å². The lowest BCUT2D eigenvalue weighted by Gasteiger charge is -2.26. The molecule has 8 heteroatoms. The molecule has 0 saturated heterocycles. The zero-order valence-electron chi connectivity index (χ0n) is 17.0. The van der Waals surface area contributed by atoms with E-state index < -0.39 is 11.9 Å². The molecule has 0 unspecified atom stereocenters. The summed E-state index contributed by atoms with van der Waals surface area (Å²) < 4.78 is 26.8. The minimum absolute atomic E-state index is 0.152. The Kier molecular flexibility index (Phi) is 7.37. The third-order valence-electron chi connectivity index (χ3n) is 4.52. The first-order chi connectivity index (χ1) is 14.6. The van der Waals surface area contributed by atoms with Crippen LogP contribution >= 0.6 is 0 Å². The summed E-state index contributed by atoms with van der Waals surface area (Å²) in [6.07, 6.45) is 0.316. The Morgan fingerprint density at radius 2 is 1.83 bits per heavy atom. The summed E-state index contributed by atoms with van der Waals surface area (Å²) in [7, 11) is 3.12. The average Bonchev–Trinajstić information content (AvgIpc) is 2.79. The maximum Gasteiger partial charge on any atom is 0.306 e. The van der Waals surface area contributed by atoms with Gasteiger partial charge in [0.15, 0.2) is 29.6 Å². The Hall–Kier alpha value is -3.42. The summed E-state index contributed by atoms with van der Waals surface area (Å²) in [5.41, 5.74) is 0.906. The van der Waals surface area contributed by atoms with E-state index in [-0.39, 0.29) is 25.7 Å². The van der Waals surface area contributed by atoms with E-state index in [0.29, 0.717) is 36.0 Å². The monoisotopic (exact) mass is 415 g/mol. The van der Waals surface area contributed by atoms with Gasteiger partial charge in [0, 0.05) is 6.42 Å². The molecular formula is C22H25NO7. The van der Waals surface area contributed by atoms with Crippen molar-refractivity contribution in [2.75, 3.05) is 34.0 Å². The van der Waals surface area contributed by atoms with E-state index in [4.69, 9.17) is 23.7 Å². The highest BCUT2D eigenvalue weighted by atomic mass is 16.6. The summed E-state index contributed by atoms with van der Waals surface area (Å²) in [6, 6.07) is 12.8. The number of benzene rings is 2. The average molecular weight is 415 g/mol. The largest absolute Gasteiger partial charge is 0.493 e. The summed E-state index contributed by atoms with van der Waals surface area (Å²) in [6.45, 7) is 0.258. The first-order valence-electron chi connectivity index (χ1n) is 9.60. The molecule has 1 aliphatic heterocycles. The van der Waals surface area contributed by atoms with Gasteiger partial charge in [0.25, 0.3) is 5.91 Å². The van der Waals surface area contributed by atoms with Crippen molar-refractivity contribution in [3.8, 4) is 23.0 Å². The smallest absolute Gasteiger partial charge is 0.306 e. The second-order valence-electron chi connectivity index (χ2n) is 6.65. The van der Waals surface area contributed by atoms with Crippen LogP contribution in [0.1, 0.15) is 12.0 Å². The van der Waals surface area contributed by atoms with Gasteiger partial charge in [-0.25, -0.2) is 0 Å². The third kappa shape index (κ3) is 5.79. The topological polar surface area (TPSA) is 92.3 Å². The molecule has 0 spiro atoms. The number of hydrogen-bond acceptors (Lipinski definition) is 7.